The molecule has 130 valence electrons. The first kappa shape index (κ1) is 16.4. The normalized spacial score (nSPS) is 14.6. The van der Waals surface area contributed by atoms with Gasteiger partial charge in [0, 0.05) is 18.1 Å². The van der Waals surface area contributed by atoms with Gasteiger partial charge in [0.1, 0.15) is 11.3 Å². The molecule has 9 heteroatoms. The molecule has 1 fully saturated rings. The van der Waals surface area contributed by atoms with Gasteiger partial charge in [0.2, 0.25) is 11.9 Å². The molecule has 0 atom stereocenters. The lowest BCUT2D eigenvalue weighted by Gasteiger charge is -2.26. The Morgan fingerprint density at radius 1 is 1.24 bits per heavy atom. The van der Waals surface area contributed by atoms with Crippen molar-refractivity contribution in [3.8, 4) is 0 Å². The van der Waals surface area contributed by atoms with E-state index in [1.54, 1.807) is 17.8 Å². The van der Waals surface area contributed by atoms with Crippen LogP contribution in [0.4, 0.5) is 22.0 Å². The Balaban J connectivity index is 1.67. The van der Waals surface area contributed by atoms with Crippen LogP contribution in [-0.4, -0.2) is 25.6 Å². The van der Waals surface area contributed by atoms with E-state index >= 15 is 0 Å². The number of fused-ring (bicyclic) bond motifs is 1. The lowest BCUT2D eigenvalue weighted by atomic mass is 9.93. The van der Waals surface area contributed by atoms with E-state index < -0.39 is 5.82 Å². The molecule has 0 aliphatic heterocycles. The summed E-state index contributed by atoms with van der Waals surface area (Å²) in [6.07, 6.45) is 5.14. The summed E-state index contributed by atoms with van der Waals surface area (Å²) in [4.78, 5) is 13.2. The molecule has 25 heavy (non-hydrogen) atoms. The number of anilines is 3. The van der Waals surface area contributed by atoms with Crippen LogP contribution in [0.2, 0.25) is 10.0 Å². The average molecular weight is 381 g/mol. The SMILES string of the molecule is Cn1c(Nc2c(F)cc(Cl)cc2Cl)nc2cnc(NC3CCC3)nc21. The van der Waals surface area contributed by atoms with E-state index in [0.717, 1.165) is 12.8 Å². The molecule has 6 nitrogen and oxygen atoms in total. The van der Waals surface area contributed by atoms with Crippen LogP contribution in [0.25, 0.3) is 11.2 Å². The summed E-state index contributed by atoms with van der Waals surface area (Å²) >= 11 is 11.9. The smallest absolute Gasteiger partial charge is 0.224 e. The summed E-state index contributed by atoms with van der Waals surface area (Å²) in [5, 5.41) is 6.62. The molecule has 0 radical (unpaired) electrons. The van der Waals surface area contributed by atoms with Crippen molar-refractivity contribution in [3.05, 3.63) is 34.2 Å². The highest BCUT2D eigenvalue weighted by atomic mass is 35.5. The Labute approximate surface area is 153 Å². The van der Waals surface area contributed by atoms with Crippen molar-refractivity contribution in [2.45, 2.75) is 25.3 Å². The molecular weight excluding hydrogens is 366 g/mol. The van der Waals surface area contributed by atoms with Gasteiger partial charge in [-0.05, 0) is 31.4 Å². The zero-order chi connectivity index (χ0) is 17.6. The molecule has 1 aliphatic rings. The van der Waals surface area contributed by atoms with Gasteiger partial charge in [-0.3, -0.25) is 4.57 Å². The van der Waals surface area contributed by atoms with E-state index in [4.69, 9.17) is 23.2 Å². The maximum atomic E-state index is 14.1. The van der Waals surface area contributed by atoms with E-state index in [1.807, 2.05) is 0 Å². The fraction of sp³-hybridized carbons (Fsp3) is 0.312. The first-order chi connectivity index (χ1) is 12.0. The first-order valence-corrected chi connectivity index (χ1v) is 8.64. The van der Waals surface area contributed by atoms with Crippen molar-refractivity contribution in [2.24, 2.45) is 7.05 Å². The number of aromatic nitrogens is 4. The third-order valence-corrected chi connectivity index (χ3v) is 4.81. The number of hydrogen-bond acceptors (Lipinski definition) is 5. The molecule has 1 aromatic carbocycles. The number of hydrogen-bond donors (Lipinski definition) is 2. The van der Waals surface area contributed by atoms with Crippen LogP contribution in [0.3, 0.4) is 0 Å². The van der Waals surface area contributed by atoms with Crippen LogP contribution in [0.15, 0.2) is 18.3 Å². The third-order valence-electron chi connectivity index (χ3n) is 4.29. The Hall–Kier alpha value is -2.12. The number of rotatable bonds is 4. The maximum Gasteiger partial charge on any atom is 0.224 e. The van der Waals surface area contributed by atoms with Gasteiger partial charge in [-0.1, -0.05) is 23.2 Å². The molecule has 1 saturated carbocycles. The van der Waals surface area contributed by atoms with Crippen LogP contribution >= 0.6 is 23.2 Å². The van der Waals surface area contributed by atoms with Crippen LogP contribution in [0, 0.1) is 5.82 Å². The fourth-order valence-corrected chi connectivity index (χ4v) is 3.19. The van der Waals surface area contributed by atoms with Crippen molar-refractivity contribution >= 4 is 51.9 Å². The van der Waals surface area contributed by atoms with Gasteiger partial charge in [0.25, 0.3) is 0 Å². The highest BCUT2D eigenvalue weighted by Crippen LogP contribution is 2.32. The Bertz CT molecular complexity index is 930. The van der Waals surface area contributed by atoms with E-state index in [1.165, 1.54) is 18.6 Å². The molecule has 4 rings (SSSR count). The van der Waals surface area contributed by atoms with Crippen molar-refractivity contribution in [1.29, 1.82) is 0 Å². The lowest BCUT2D eigenvalue weighted by molar-refractivity contribution is 0.443. The predicted octanol–water partition coefficient (Wildman–Crippen LogP) is 4.52. The molecule has 2 aromatic heterocycles. The zero-order valence-corrected chi connectivity index (χ0v) is 14.9. The van der Waals surface area contributed by atoms with Gasteiger partial charge in [0.05, 0.1) is 16.9 Å². The maximum absolute atomic E-state index is 14.1. The van der Waals surface area contributed by atoms with E-state index in [0.29, 0.717) is 29.1 Å². The van der Waals surface area contributed by atoms with Crippen molar-refractivity contribution < 1.29 is 4.39 Å². The topological polar surface area (TPSA) is 67.7 Å². The third kappa shape index (κ3) is 3.09. The first-order valence-electron chi connectivity index (χ1n) is 7.89. The van der Waals surface area contributed by atoms with Gasteiger partial charge in [-0.25, -0.2) is 14.4 Å². The number of halogens is 3. The largest absolute Gasteiger partial charge is 0.351 e. The monoisotopic (exact) mass is 380 g/mol. The van der Waals surface area contributed by atoms with Gasteiger partial charge < -0.3 is 10.6 Å². The van der Waals surface area contributed by atoms with Gasteiger partial charge in [-0.2, -0.15) is 4.98 Å². The Morgan fingerprint density at radius 2 is 2.04 bits per heavy atom. The van der Waals surface area contributed by atoms with Gasteiger partial charge in [-0.15, -0.1) is 0 Å². The molecule has 3 aromatic rings. The average Bonchev–Trinajstić information content (AvgIpc) is 2.83. The van der Waals surface area contributed by atoms with Crippen LogP contribution in [0.1, 0.15) is 19.3 Å². The zero-order valence-electron chi connectivity index (χ0n) is 13.4. The van der Waals surface area contributed by atoms with Crippen molar-refractivity contribution in [1.82, 2.24) is 19.5 Å². The summed E-state index contributed by atoms with van der Waals surface area (Å²) in [5.41, 5.74) is 1.37. The quantitative estimate of drug-likeness (QED) is 0.696. The number of aryl methyl sites for hydroxylation is 1. The van der Waals surface area contributed by atoms with Gasteiger partial charge in [0.15, 0.2) is 5.65 Å². The second kappa shape index (κ2) is 6.31. The van der Waals surface area contributed by atoms with E-state index in [-0.39, 0.29) is 15.7 Å². The molecule has 2 heterocycles. The summed E-state index contributed by atoms with van der Waals surface area (Å²) in [5.74, 6) is 0.429. The molecule has 0 saturated heterocycles. The number of nitrogens with one attached hydrogen (secondary N) is 2. The van der Waals surface area contributed by atoms with Crippen molar-refractivity contribution in [3.63, 3.8) is 0 Å². The second-order valence-electron chi connectivity index (χ2n) is 6.04. The predicted molar refractivity (Wildman–Crippen MR) is 97.3 cm³/mol. The Kier molecular flexibility index (Phi) is 4.13. The summed E-state index contributed by atoms with van der Waals surface area (Å²) in [7, 11) is 1.79. The lowest BCUT2D eigenvalue weighted by Crippen LogP contribution is -2.28. The Morgan fingerprint density at radius 3 is 2.72 bits per heavy atom. The molecule has 0 spiro atoms. The minimum absolute atomic E-state index is 0.116. The number of imidazole rings is 1. The molecule has 2 N–H and O–H groups in total. The highest BCUT2D eigenvalue weighted by Gasteiger charge is 2.19. The van der Waals surface area contributed by atoms with E-state index in [2.05, 4.69) is 25.6 Å². The molecule has 0 bridgehead atoms. The summed E-state index contributed by atoms with van der Waals surface area (Å²) < 4.78 is 15.9. The van der Waals surface area contributed by atoms with Crippen molar-refractivity contribution in [2.75, 3.05) is 10.6 Å². The standard InChI is InChI=1S/C16H15Cl2FN6/c1-25-14-12(7-20-15(24-14)21-9-3-2-4-9)22-16(25)23-13-10(18)5-8(17)6-11(13)19/h5-7,9H,2-4H2,1H3,(H,22,23)(H,20,21,24). The van der Waals surface area contributed by atoms with Crippen LogP contribution < -0.4 is 10.6 Å². The number of benzene rings is 1. The minimum atomic E-state index is -0.553. The summed E-state index contributed by atoms with van der Waals surface area (Å²) in [6, 6.07) is 3.10. The highest BCUT2D eigenvalue weighted by molar-refractivity contribution is 6.36. The van der Waals surface area contributed by atoms with Crippen LogP contribution in [-0.2, 0) is 7.05 Å². The molecule has 0 amide bonds. The van der Waals surface area contributed by atoms with Crippen LogP contribution in [0.5, 0.6) is 0 Å². The molecular formula is C16H15Cl2FN6. The summed E-state index contributed by atoms with van der Waals surface area (Å²) in [6.45, 7) is 0. The molecule has 1 aliphatic carbocycles. The van der Waals surface area contributed by atoms with E-state index in [9.17, 15) is 4.39 Å². The minimum Gasteiger partial charge on any atom is -0.351 e. The molecule has 0 unspecified atom stereocenters. The van der Waals surface area contributed by atoms with Gasteiger partial charge >= 0.3 is 0 Å². The fourth-order valence-electron chi connectivity index (χ4n) is 2.67. The second-order valence-corrected chi connectivity index (χ2v) is 6.88. The number of nitrogens with zero attached hydrogens (tertiary/aromatic N) is 4.